The maximum atomic E-state index is 12.5. The predicted octanol–water partition coefficient (Wildman–Crippen LogP) is 1.20. The number of likely N-dealkylation sites (tertiary alicyclic amines) is 1. The smallest absolute Gasteiger partial charge is 0.257 e. The molecule has 0 saturated carbocycles. The molecule has 0 radical (unpaired) electrons. The summed E-state index contributed by atoms with van der Waals surface area (Å²) in [6, 6.07) is 0. The molecule has 1 atom stereocenters. The minimum Gasteiger partial charge on any atom is -0.347 e. The number of hydrogen-bond acceptors (Lipinski definition) is 5. The molecule has 3 rings (SSSR count). The molecular weight excluding hydrogens is 280 g/mol. The average Bonchev–Trinajstić information content (AvgIpc) is 3.15. The molecule has 0 spiro atoms. The number of anilines is 1. The van der Waals surface area contributed by atoms with Crippen molar-refractivity contribution in [2.75, 3.05) is 32.1 Å². The number of carbonyl (C=O) groups is 1. The van der Waals surface area contributed by atoms with E-state index in [4.69, 9.17) is 0 Å². The van der Waals surface area contributed by atoms with E-state index in [9.17, 15) is 4.79 Å². The van der Waals surface area contributed by atoms with E-state index in [-0.39, 0.29) is 5.91 Å². The zero-order chi connectivity index (χ0) is 15.7. The summed E-state index contributed by atoms with van der Waals surface area (Å²) in [4.78, 5) is 24.6. The SMILES string of the molecule is Cc1cn[nH]c1C1CCN(C(=O)c2cnc(N(C)C)nc2)C1. The summed E-state index contributed by atoms with van der Waals surface area (Å²) in [5.41, 5.74) is 2.82. The van der Waals surface area contributed by atoms with Crippen LogP contribution in [-0.2, 0) is 0 Å². The van der Waals surface area contributed by atoms with E-state index >= 15 is 0 Å². The lowest BCUT2D eigenvalue weighted by molar-refractivity contribution is 0.0790. The molecule has 2 aromatic heterocycles. The lowest BCUT2D eigenvalue weighted by Gasteiger charge is -2.17. The molecule has 1 saturated heterocycles. The number of H-pyrrole nitrogens is 1. The molecule has 1 fully saturated rings. The lowest BCUT2D eigenvalue weighted by atomic mass is 10.0. The van der Waals surface area contributed by atoms with Crippen LogP contribution in [0.2, 0.25) is 0 Å². The molecule has 2 aromatic rings. The standard InChI is InChI=1S/C15H20N6O/c1-10-6-18-19-13(10)11-4-5-21(9-11)14(22)12-7-16-15(17-8-12)20(2)3/h6-8,11H,4-5,9H2,1-3H3,(H,18,19). The van der Waals surface area contributed by atoms with Crippen LogP contribution < -0.4 is 4.90 Å². The van der Waals surface area contributed by atoms with Gasteiger partial charge in [0.2, 0.25) is 5.95 Å². The number of carbonyl (C=O) groups excluding carboxylic acids is 1. The van der Waals surface area contributed by atoms with Crippen LogP contribution in [0.4, 0.5) is 5.95 Å². The number of nitrogens with zero attached hydrogens (tertiary/aromatic N) is 5. The zero-order valence-corrected chi connectivity index (χ0v) is 13.1. The van der Waals surface area contributed by atoms with Crippen LogP contribution in [0.3, 0.4) is 0 Å². The first-order chi connectivity index (χ1) is 10.6. The van der Waals surface area contributed by atoms with E-state index in [2.05, 4.69) is 20.2 Å². The van der Waals surface area contributed by atoms with Crippen molar-refractivity contribution in [3.8, 4) is 0 Å². The molecule has 22 heavy (non-hydrogen) atoms. The van der Waals surface area contributed by atoms with Crippen LogP contribution in [0.5, 0.6) is 0 Å². The summed E-state index contributed by atoms with van der Waals surface area (Å²) in [5.74, 6) is 0.919. The topological polar surface area (TPSA) is 78.0 Å². The highest BCUT2D eigenvalue weighted by Crippen LogP contribution is 2.28. The second-order valence-corrected chi connectivity index (χ2v) is 5.87. The van der Waals surface area contributed by atoms with Gasteiger partial charge in [0.25, 0.3) is 5.91 Å². The molecule has 0 aliphatic carbocycles. The lowest BCUT2D eigenvalue weighted by Crippen LogP contribution is -2.29. The van der Waals surface area contributed by atoms with Gasteiger partial charge in [-0.3, -0.25) is 9.89 Å². The van der Waals surface area contributed by atoms with E-state index in [1.807, 2.05) is 32.1 Å². The Morgan fingerprint density at radius 1 is 1.32 bits per heavy atom. The van der Waals surface area contributed by atoms with Gasteiger partial charge in [-0.25, -0.2) is 9.97 Å². The van der Waals surface area contributed by atoms with E-state index in [0.717, 1.165) is 24.2 Å². The van der Waals surface area contributed by atoms with Gasteiger partial charge in [-0.2, -0.15) is 5.10 Å². The molecule has 1 aliphatic heterocycles. The van der Waals surface area contributed by atoms with Crippen LogP contribution in [0.15, 0.2) is 18.6 Å². The highest BCUT2D eigenvalue weighted by molar-refractivity contribution is 5.94. The first-order valence-corrected chi connectivity index (χ1v) is 7.34. The number of aromatic nitrogens is 4. The second-order valence-electron chi connectivity index (χ2n) is 5.87. The van der Waals surface area contributed by atoms with E-state index < -0.39 is 0 Å². The van der Waals surface area contributed by atoms with Crippen molar-refractivity contribution in [3.05, 3.63) is 35.4 Å². The maximum absolute atomic E-state index is 12.5. The molecule has 7 heteroatoms. The van der Waals surface area contributed by atoms with Crippen LogP contribution in [0, 0.1) is 6.92 Å². The number of aryl methyl sites for hydroxylation is 1. The first kappa shape index (κ1) is 14.5. The molecule has 1 N–H and O–H groups in total. The summed E-state index contributed by atoms with van der Waals surface area (Å²) in [7, 11) is 3.74. The van der Waals surface area contributed by atoms with Gasteiger partial charge in [-0.15, -0.1) is 0 Å². The number of rotatable bonds is 3. The molecule has 0 bridgehead atoms. The second kappa shape index (κ2) is 5.75. The fraction of sp³-hybridized carbons (Fsp3) is 0.467. The summed E-state index contributed by atoms with van der Waals surface area (Å²) < 4.78 is 0. The van der Waals surface area contributed by atoms with Gasteiger partial charge in [-0.05, 0) is 18.9 Å². The average molecular weight is 300 g/mol. The molecule has 1 amide bonds. The van der Waals surface area contributed by atoms with Crippen LogP contribution in [-0.4, -0.2) is 58.2 Å². The Balaban J connectivity index is 1.70. The minimum absolute atomic E-state index is 0.00928. The first-order valence-electron chi connectivity index (χ1n) is 7.34. The van der Waals surface area contributed by atoms with Crippen molar-refractivity contribution < 1.29 is 4.79 Å². The molecule has 7 nitrogen and oxygen atoms in total. The third-order valence-corrected chi connectivity index (χ3v) is 4.04. The molecular formula is C15H20N6O. The van der Waals surface area contributed by atoms with E-state index in [1.165, 1.54) is 0 Å². The summed E-state index contributed by atoms with van der Waals surface area (Å²) in [5, 5.41) is 7.12. The Morgan fingerprint density at radius 3 is 2.64 bits per heavy atom. The highest BCUT2D eigenvalue weighted by Gasteiger charge is 2.29. The monoisotopic (exact) mass is 300 g/mol. The number of hydrogen-bond donors (Lipinski definition) is 1. The maximum Gasteiger partial charge on any atom is 0.257 e. The number of amides is 1. The van der Waals surface area contributed by atoms with Crippen molar-refractivity contribution in [1.29, 1.82) is 0 Å². The predicted molar refractivity (Wildman–Crippen MR) is 82.9 cm³/mol. The Morgan fingerprint density at radius 2 is 2.05 bits per heavy atom. The molecule has 1 unspecified atom stereocenters. The van der Waals surface area contributed by atoms with Gasteiger partial charge in [0.1, 0.15) is 0 Å². The van der Waals surface area contributed by atoms with Gasteiger partial charge >= 0.3 is 0 Å². The van der Waals surface area contributed by atoms with Crippen LogP contribution in [0.25, 0.3) is 0 Å². The van der Waals surface area contributed by atoms with Gasteiger partial charge in [0.15, 0.2) is 0 Å². The fourth-order valence-electron chi connectivity index (χ4n) is 2.80. The Labute approximate surface area is 129 Å². The fourth-order valence-corrected chi connectivity index (χ4v) is 2.80. The molecule has 3 heterocycles. The van der Waals surface area contributed by atoms with E-state index in [1.54, 1.807) is 17.3 Å². The van der Waals surface area contributed by atoms with Gasteiger partial charge in [-0.1, -0.05) is 0 Å². The van der Waals surface area contributed by atoms with Crippen LogP contribution >= 0.6 is 0 Å². The van der Waals surface area contributed by atoms with Gasteiger partial charge in [0.05, 0.1) is 11.8 Å². The largest absolute Gasteiger partial charge is 0.347 e. The van der Waals surface area contributed by atoms with Crippen molar-refractivity contribution in [2.24, 2.45) is 0 Å². The Hall–Kier alpha value is -2.44. The summed E-state index contributed by atoms with van der Waals surface area (Å²) >= 11 is 0. The van der Waals surface area contributed by atoms with Crippen molar-refractivity contribution in [3.63, 3.8) is 0 Å². The van der Waals surface area contributed by atoms with Gasteiger partial charge in [0, 0.05) is 51.2 Å². The van der Waals surface area contributed by atoms with Crippen molar-refractivity contribution in [2.45, 2.75) is 19.3 Å². The summed E-state index contributed by atoms with van der Waals surface area (Å²) in [6.07, 6.45) is 5.97. The van der Waals surface area contributed by atoms with Crippen molar-refractivity contribution in [1.82, 2.24) is 25.1 Å². The Bertz CT molecular complexity index is 663. The normalized spacial score (nSPS) is 17.8. The number of nitrogens with one attached hydrogen (secondary N) is 1. The summed E-state index contributed by atoms with van der Waals surface area (Å²) in [6.45, 7) is 3.49. The number of aromatic amines is 1. The van der Waals surface area contributed by atoms with E-state index in [0.29, 0.717) is 24.0 Å². The zero-order valence-electron chi connectivity index (χ0n) is 13.1. The highest BCUT2D eigenvalue weighted by atomic mass is 16.2. The quantitative estimate of drug-likeness (QED) is 0.921. The molecule has 116 valence electrons. The van der Waals surface area contributed by atoms with Gasteiger partial charge < -0.3 is 9.80 Å². The Kier molecular flexibility index (Phi) is 3.79. The van der Waals surface area contributed by atoms with Crippen molar-refractivity contribution >= 4 is 11.9 Å². The van der Waals surface area contributed by atoms with Crippen LogP contribution in [0.1, 0.15) is 34.0 Å². The third-order valence-electron chi connectivity index (χ3n) is 4.04. The third kappa shape index (κ3) is 2.66. The minimum atomic E-state index is -0.00928. The molecule has 0 aromatic carbocycles. The molecule has 1 aliphatic rings.